The molecule has 0 aliphatic heterocycles. The summed E-state index contributed by atoms with van der Waals surface area (Å²) >= 11 is 0. The fourth-order valence-electron chi connectivity index (χ4n) is 6.77. The first kappa shape index (κ1) is 29.4. The Morgan fingerprint density at radius 1 is 0.280 bits per heavy atom. The van der Waals surface area contributed by atoms with Crippen molar-refractivity contribution in [1.29, 1.82) is 0 Å². The fourth-order valence-corrected chi connectivity index (χ4v) is 6.77. The van der Waals surface area contributed by atoms with E-state index in [1.165, 1.54) is 21.5 Å². The van der Waals surface area contributed by atoms with Crippen molar-refractivity contribution in [2.75, 3.05) is 0 Å². The third kappa shape index (κ3) is 5.72. The standard InChI is InChI=1S/C47H31N3/c1-3-13-32(14-4-1)45-31-46(33-15-5-2-6-16-33)50-47(49-45)41-29-39(37-23-22-36-25-34-17-7-8-18-35(34)26-38(36)27-37)28-40(30-41)42-19-9-10-20-43(42)44-21-11-12-24-48-44/h1-31H. The van der Waals surface area contributed by atoms with E-state index < -0.39 is 0 Å². The summed E-state index contributed by atoms with van der Waals surface area (Å²) in [6.45, 7) is 0. The van der Waals surface area contributed by atoms with E-state index in [4.69, 9.17) is 15.0 Å². The number of nitrogens with zero attached hydrogens (tertiary/aromatic N) is 3. The minimum Gasteiger partial charge on any atom is -0.256 e. The van der Waals surface area contributed by atoms with Gasteiger partial charge in [-0.25, -0.2) is 9.97 Å². The Labute approximate surface area is 291 Å². The van der Waals surface area contributed by atoms with Crippen molar-refractivity contribution in [3.63, 3.8) is 0 Å². The van der Waals surface area contributed by atoms with Crippen LogP contribution in [0.4, 0.5) is 0 Å². The smallest absolute Gasteiger partial charge is 0.160 e. The molecule has 9 rings (SSSR count). The molecule has 50 heavy (non-hydrogen) atoms. The van der Waals surface area contributed by atoms with Crippen molar-refractivity contribution in [1.82, 2.24) is 15.0 Å². The fraction of sp³-hybridized carbons (Fsp3) is 0. The summed E-state index contributed by atoms with van der Waals surface area (Å²) in [5, 5.41) is 4.90. The quantitative estimate of drug-likeness (QED) is 0.170. The molecule has 0 aliphatic rings. The average Bonchev–Trinajstić information content (AvgIpc) is 3.20. The summed E-state index contributed by atoms with van der Waals surface area (Å²) in [6.07, 6.45) is 1.85. The largest absolute Gasteiger partial charge is 0.256 e. The maximum absolute atomic E-state index is 5.21. The molecule has 234 valence electrons. The molecule has 0 radical (unpaired) electrons. The number of rotatable bonds is 6. The van der Waals surface area contributed by atoms with Crippen LogP contribution in [0.1, 0.15) is 0 Å². The zero-order valence-electron chi connectivity index (χ0n) is 27.2. The van der Waals surface area contributed by atoms with Gasteiger partial charge in [-0.05, 0) is 98.4 Å². The van der Waals surface area contributed by atoms with Crippen LogP contribution in [0.5, 0.6) is 0 Å². The van der Waals surface area contributed by atoms with Gasteiger partial charge in [-0.2, -0.15) is 0 Å². The molecular weight excluding hydrogens is 607 g/mol. The molecule has 0 unspecified atom stereocenters. The van der Waals surface area contributed by atoms with Gasteiger partial charge in [0.05, 0.1) is 17.1 Å². The van der Waals surface area contributed by atoms with Crippen LogP contribution in [0, 0.1) is 0 Å². The van der Waals surface area contributed by atoms with E-state index in [-0.39, 0.29) is 0 Å². The van der Waals surface area contributed by atoms with Crippen molar-refractivity contribution in [2.24, 2.45) is 0 Å². The maximum Gasteiger partial charge on any atom is 0.160 e. The number of pyridine rings is 1. The number of aromatic nitrogens is 3. The predicted molar refractivity (Wildman–Crippen MR) is 207 cm³/mol. The van der Waals surface area contributed by atoms with Crippen molar-refractivity contribution < 1.29 is 0 Å². The minimum atomic E-state index is 0.676. The number of hydrogen-bond donors (Lipinski definition) is 0. The van der Waals surface area contributed by atoms with Crippen LogP contribution in [0.25, 0.3) is 89.0 Å². The van der Waals surface area contributed by atoms with Gasteiger partial charge in [0.2, 0.25) is 0 Å². The highest BCUT2D eigenvalue weighted by Gasteiger charge is 2.16. The highest BCUT2D eigenvalue weighted by Crippen LogP contribution is 2.38. The molecule has 7 aromatic carbocycles. The van der Waals surface area contributed by atoms with E-state index in [2.05, 4.69) is 158 Å². The highest BCUT2D eigenvalue weighted by molar-refractivity contribution is 6.00. The Bertz CT molecular complexity index is 2570. The van der Waals surface area contributed by atoms with Crippen molar-refractivity contribution in [3.05, 3.63) is 188 Å². The molecule has 0 saturated heterocycles. The molecule has 0 N–H and O–H groups in total. The molecule has 3 nitrogen and oxygen atoms in total. The molecule has 0 saturated carbocycles. The van der Waals surface area contributed by atoms with Gasteiger partial charge in [0.25, 0.3) is 0 Å². The van der Waals surface area contributed by atoms with Crippen molar-refractivity contribution in [3.8, 4) is 67.4 Å². The van der Waals surface area contributed by atoms with Crippen LogP contribution >= 0.6 is 0 Å². The SMILES string of the molecule is c1ccc(-c2cc(-c3ccccc3)nc(-c3cc(-c4ccc5cc6ccccc6cc5c4)cc(-c4ccccc4-c4ccccn4)c3)n2)cc1. The van der Waals surface area contributed by atoms with Gasteiger partial charge in [0.15, 0.2) is 5.82 Å². The predicted octanol–water partition coefficient (Wildman–Crippen LogP) is 12.2. The van der Waals surface area contributed by atoms with E-state index in [0.29, 0.717) is 5.82 Å². The molecule has 0 fully saturated rings. The third-order valence-corrected chi connectivity index (χ3v) is 9.27. The van der Waals surface area contributed by atoms with Crippen LogP contribution in [0.2, 0.25) is 0 Å². The normalized spacial score (nSPS) is 11.2. The zero-order chi connectivity index (χ0) is 33.3. The molecule has 0 spiro atoms. The maximum atomic E-state index is 5.21. The number of benzene rings is 7. The summed E-state index contributed by atoms with van der Waals surface area (Å²) in [5.74, 6) is 0.676. The summed E-state index contributed by atoms with van der Waals surface area (Å²) < 4.78 is 0. The van der Waals surface area contributed by atoms with Crippen LogP contribution in [0.3, 0.4) is 0 Å². The second-order valence-corrected chi connectivity index (χ2v) is 12.5. The molecule has 2 aromatic heterocycles. The Morgan fingerprint density at radius 3 is 1.52 bits per heavy atom. The molecule has 0 atom stereocenters. The molecule has 2 heterocycles. The molecule has 0 amide bonds. The number of fused-ring (bicyclic) bond motifs is 2. The first-order valence-electron chi connectivity index (χ1n) is 16.8. The van der Waals surface area contributed by atoms with Gasteiger partial charge in [0, 0.05) is 28.5 Å². The Morgan fingerprint density at radius 2 is 0.840 bits per heavy atom. The molecule has 0 bridgehead atoms. The van der Waals surface area contributed by atoms with Gasteiger partial charge in [-0.1, -0.05) is 127 Å². The first-order valence-corrected chi connectivity index (χ1v) is 16.8. The Hall–Kier alpha value is -6.71. The van der Waals surface area contributed by atoms with E-state index in [9.17, 15) is 0 Å². The lowest BCUT2D eigenvalue weighted by atomic mass is 9.91. The average molecular weight is 638 g/mol. The van der Waals surface area contributed by atoms with Crippen molar-refractivity contribution in [2.45, 2.75) is 0 Å². The van der Waals surface area contributed by atoms with Crippen LogP contribution in [-0.4, -0.2) is 15.0 Å². The summed E-state index contributed by atoms with van der Waals surface area (Å²) in [5.41, 5.74) is 11.2. The summed E-state index contributed by atoms with van der Waals surface area (Å²) in [4.78, 5) is 15.1. The Kier molecular flexibility index (Phi) is 7.49. The van der Waals surface area contributed by atoms with Crippen LogP contribution in [0.15, 0.2) is 188 Å². The lowest BCUT2D eigenvalue weighted by molar-refractivity contribution is 1.18. The lowest BCUT2D eigenvalue weighted by Gasteiger charge is -2.15. The number of hydrogen-bond acceptors (Lipinski definition) is 3. The van der Waals surface area contributed by atoms with Crippen LogP contribution in [-0.2, 0) is 0 Å². The van der Waals surface area contributed by atoms with Crippen molar-refractivity contribution >= 4 is 21.5 Å². The molecule has 9 aromatic rings. The molecule has 0 aliphatic carbocycles. The van der Waals surface area contributed by atoms with Gasteiger partial charge in [-0.3, -0.25) is 4.98 Å². The summed E-state index contributed by atoms with van der Waals surface area (Å²) in [7, 11) is 0. The van der Waals surface area contributed by atoms with E-state index >= 15 is 0 Å². The minimum absolute atomic E-state index is 0.676. The third-order valence-electron chi connectivity index (χ3n) is 9.27. The molecular formula is C47H31N3. The monoisotopic (exact) mass is 637 g/mol. The molecule has 3 heteroatoms. The van der Waals surface area contributed by atoms with E-state index in [1.807, 2.05) is 30.5 Å². The van der Waals surface area contributed by atoms with E-state index in [0.717, 1.165) is 61.6 Å². The van der Waals surface area contributed by atoms with Gasteiger partial charge < -0.3 is 0 Å². The topological polar surface area (TPSA) is 38.7 Å². The van der Waals surface area contributed by atoms with Gasteiger partial charge >= 0.3 is 0 Å². The highest BCUT2D eigenvalue weighted by atomic mass is 14.9. The second-order valence-electron chi connectivity index (χ2n) is 12.5. The lowest BCUT2D eigenvalue weighted by Crippen LogP contribution is -1.97. The zero-order valence-corrected chi connectivity index (χ0v) is 27.2. The Balaban J connectivity index is 1.28. The summed E-state index contributed by atoms with van der Waals surface area (Å²) in [6, 6.07) is 63.9. The second kappa shape index (κ2) is 12.7. The van der Waals surface area contributed by atoms with Gasteiger partial charge in [0.1, 0.15) is 0 Å². The first-order chi connectivity index (χ1) is 24.7. The van der Waals surface area contributed by atoms with E-state index in [1.54, 1.807) is 0 Å². The van der Waals surface area contributed by atoms with Gasteiger partial charge in [-0.15, -0.1) is 0 Å². The van der Waals surface area contributed by atoms with Crippen LogP contribution < -0.4 is 0 Å².